The first-order valence-electron chi connectivity index (χ1n) is 6.69. The number of nitro benzene ring substituents is 1. The summed E-state index contributed by atoms with van der Waals surface area (Å²) in [5.74, 6) is -0.753. The van der Waals surface area contributed by atoms with E-state index in [2.05, 4.69) is 10.4 Å². The van der Waals surface area contributed by atoms with Gasteiger partial charge in [0, 0.05) is 24.4 Å². The lowest BCUT2D eigenvalue weighted by Gasteiger charge is -2.11. The standard InChI is InChI=1S/C14H14N4O5/c1-9-8-12(20)13(14(21)15-6-7-19)16-17(9)10-4-2-3-5-11(10)18(22)23/h2-5,8,19H,6-7H2,1H3,(H,15,21). The highest BCUT2D eigenvalue weighted by molar-refractivity contribution is 5.92. The summed E-state index contributed by atoms with van der Waals surface area (Å²) in [5, 5.41) is 26.1. The Bertz CT molecular complexity index is 815. The third-order valence-electron chi connectivity index (χ3n) is 3.03. The molecule has 0 aliphatic carbocycles. The molecule has 0 saturated carbocycles. The first kappa shape index (κ1) is 16.3. The van der Waals surface area contributed by atoms with Crippen molar-refractivity contribution < 1.29 is 14.8 Å². The maximum atomic E-state index is 11.9. The monoisotopic (exact) mass is 318 g/mol. The quantitative estimate of drug-likeness (QED) is 0.597. The van der Waals surface area contributed by atoms with Gasteiger partial charge in [0.05, 0.1) is 11.5 Å². The molecule has 2 rings (SSSR count). The van der Waals surface area contributed by atoms with Crippen molar-refractivity contribution in [3.63, 3.8) is 0 Å². The van der Waals surface area contributed by atoms with Gasteiger partial charge in [-0.3, -0.25) is 19.7 Å². The van der Waals surface area contributed by atoms with E-state index < -0.39 is 22.0 Å². The zero-order valence-corrected chi connectivity index (χ0v) is 12.2. The van der Waals surface area contributed by atoms with Crippen LogP contribution in [-0.4, -0.2) is 38.9 Å². The third-order valence-corrected chi connectivity index (χ3v) is 3.03. The number of aromatic nitrogens is 2. The SMILES string of the molecule is Cc1cc(=O)c(C(=O)NCCO)nn1-c1ccccc1[N+](=O)[O-]. The van der Waals surface area contributed by atoms with E-state index in [9.17, 15) is 19.7 Å². The predicted octanol–water partition coefficient (Wildman–Crippen LogP) is 0.171. The normalized spacial score (nSPS) is 10.3. The van der Waals surface area contributed by atoms with Crippen LogP contribution in [0.15, 0.2) is 35.1 Å². The second-order valence-electron chi connectivity index (χ2n) is 4.64. The van der Waals surface area contributed by atoms with Gasteiger partial charge in [-0.25, -0.2) is 4.68 Å². The molecule has 0 fully saturated rings. The maximum Gasteiger partial charge on any atom is 0.294 e. The number of amides is 1. The van der Waals surface area contributed by atoms with Crippen molar-refractivity contribution in [2.24, 2.45) is 0 Å². The fourth-order valence-corrected chi connectivity index (χ4v) is 2.00. The number of nitrogens with zero attached hydrogens (tertiary/aromatic N) is 3. The molecule has 0 spiro atoms. The number of nitro groups is 1. The zero-order valence-electron chi connectivity index (χ0n) is 12.2. The van der Waals surface area contributed by atoms with Crippen LogP contribution in [0, 0.1) is 17.0 Å². The highest BCUT2D eigenvalue weighted by Gasteiger charge is 2.19. The highest BCUT2D eigenvalue weighted by atomic mass is 16.6. The number of aliphatic hydroxyl groups excluding tert-OH is 1. The Morgan fingerprint density at radius 1 is 1.43 bits per heavy atom. The fourth-order valence-electron chi connectivity index (χ4n) is 2.00. The van der Waals surface area contributed by atoms with Gasteiger partial charge in [0.25, 0.3) is 11.6 Å². The molecule has 2 N–H and O–H groups in total. The van der Waals surface area contributed by atoms with Gasteiger partial charge in [-0.05, 0) is 13.0 Å². The summed E-state index contributed by atoms with van der Waals surface area (Å²) in [7, 11) is 0. The molecule has 0 bridgehead atoms. The van der Waals surface area contributed by atoms with Crippen LogP contribution in [0.5, 0.6) is 0 Å². The van der Waals surface area contributed by atoms with Crippen molar-refractivity contribution >= 4 is 11.6 Å². The van der Waals surface area contributed by atoms with Gasteiger partial charge < -0.3 is 10.4 Å². The minimum atomic E-state index is -0.753. The number of para-hydroxylation sites is 2. The molecule has 0 aliphatic heterocycles. The molecule has 0 saturated heterocycles. The summed E-state index contributed by atoms with van der Waals surface area (Å²) in [5.41, 5.74) is -0.711. The van der Waals surface area contributed by atoms with Crippen LogP contribution in [-0.2, 0) is 0 Å². The smallest absolute Gasteiger partial charge is 0.294 e. The Kier molecular flexibility index (Phi) is 4.82. The van der Waals surface area contributed by atoms with Gasteiger partial charge >= 0.3 is 0 Å². The van der Waals surface area contributed by atoms with Crippen molar-refractivity contribution in [3.05, 3.63) is 62.1 Å². The lowest BCUT2D eigenvalue weighted by Crippen LogP contribution is -2.33. The Morgan fingerprint density at radius 2 is 2.13 bits per heavy atom. The van der Waals surface area contributed by atoms with Crippen molar-refractivity contribution in [1.82, 2.24) is 15.1 Å². The number of nitrogens with one attached hydrogen (secondary N) is 1. The Balaban J connectivity index is 2.59. The van der Waals surface area contributed by atoms with Crippen LogP contribution in [0.2, 0.25) is 0 Å². The molecular formula is C14H14N4O5. The molecule has 1 amide bonds. The van der Waals surface area contributed by atoms with Gasteiger partial charge in [0.2, 0.25) is 5.43 Å². The summed E-state index contributed by atoms with van der Waals surface area (Å²) in [4.78, 5) is 34.4. The van der Waals surface area contributed by atoms with Gasteiger partial charge in [0.15, 0.2) is 5.69 Å². The summed E-state index contributed by atoms with van der Waals surface area (Å²) in [6.45, 7) is 1.25. The number of carbonyl (C=O) groups excluding carboxylic acids is 1. The molecule has 1 aromatic heterocycles. The van der Waals surface area contributed by atoms with E-state index in [1.165, 1.54) is 28.9 Å². The minimum Gasteiger partial charge on any atom is -0.395 e. The molecule has 0 aliphatic rings. The van der Waals surface area contributed by atoms with Gasteiger partial charge in [-0.15, -0.1) is 0 Å². The number of rotatable bonds is 5. The second kappa shape index (κ2) is 6.79. The molecule has 1 heterocycles. The molecule has 0 radical (unpaired) electrons. The van der Waals surface area contributed by atoms with Gasteiger partial charge in [0.1, 0.15) is 5.69 Å². The lowest BCUT2D eigenvalue weighted by atomic mass is 10.2. The molecule has 120 valence electrons. The fraction of sp³-hybridized carbons (Fsp3) is 0.214. The molecule has 23 heavy (non-hydrogen) atoms. The van der Waals surface area contributed by atoms with Crippen molar-refractivity contribution in [1.29, 1.82) is 0 Å². The lowest BCUT2D eigenvalue weighted by molar-refractivity contribution is -0.384. The van der Waals surface area contributed by atoms with E-state index >= 15 is 0 Å². The number of aryl methyl sites for hydroxylation is 1. The van der Waals surface area contributed by atoms with Crippen LogP contribution in [0.25, 0.3) is 5.69 Å². The topological polar surface area (TPSA) is 127 Å². The molecule has 0 atom stereocenters. The number of carbonyl (C=O) groups is 1. The third kappa shape index (κ3) is 3.40. The van der Waals surface area contributed by atoms with Crippen molar-refractivity contribution in [2.75, 3.05) is 13.2 Å². The zero-order chi connectivity index (χ0) is 17.0. The average Bonchev–Trinajstić information content (AvgIpc) is 2.52. The van der Waals surface area contributed by atoms with Gasteiger partial charge in [-0.1, -0.05) is 12.1 Å². The van der Waals surface area contributed by atoms with E-state index in [1.807, 2.05) is 0 Å². The first-order valence-corrected chi connectivity index (χ1v) is 6.69. The van der Waals surface area contributed by atoms with Crippen LogP contribution < -0.4 is 10.7 Å². The van der Waals surface area contributed by atoms with Crippen LogP contribution in [0.1, 0.15) is 16.2 Å². The molecule has 9 nitrogen and oxygen atoms in total. The van der Waals surface area contributed by atoms with Crippen LogP contribution in [0.4, 0.5) is 5.69 Å². The first-order chi connectivity index (χ1) is 11.0. The molecule has 2 aromatic rings. The van der Waals surface area contributed by atoms with E-state index in [0.29, 0.717) is 5.69 Å². The summed E-state index contributed by atoms with van der Waals surface area (Å²) >= 11 is 0. The Labute approximate surface area is 130 Å². The highest BCUT2D eigenvalue weighted by Crippen LogP contribution is 2.22. The van der Waals surface area contributed by atoms with E-state index in [0.717, 1.165) is 0 Å². The van der Waals surface area contributed by atoms with E-state index in [-0.39, 0.29) is 24.5 Å². The Hall–Kier alpha value is -3.07. The number of aliphatic hydroxyl groups is 1. The van der Waals surface area contributed by atoms with Crippen molar-refractivity contribution in [3.8, 4) is 5.69 Å². The Morgan fingerprint density at radius 3 is 2.78 bits per heavy atom. The summed E-state index contributed by atoms with van der Waals surface area (Å²) in [6.07, 6.45) is 0. The van der Waals surface area contributed by atoms with Crippen LogP contribution in [0.3, 0.4) is 0 Å². The summed E-state index contributed by atoms with van der Waals surface area (Å²) < 4.78 is 1.17. The average molecular weight is 318 g/mol. The number of hydrogen-bond acceptors (Lipinski definition) is 6. The van der Waals surface area contributed by atoms with E-state index in [4.69, 9.17) is 5.11 Å². The summed E-state index contributed by atoms with van der Waals surface area (Å²) in [6, 6.07) is 7.05. The maximum absolute atomic E-state index is 11.9. The minimum absolute atomic E-state index is 0.0285. The van der Waals surface area contributed by atoms with Crippen LogP contribution >= 0.6 is 0 Å². The number of benzene rings is 1. The molecule has 0 unspecified atom stereocenters. The predicted molar refractivity (Wildman–Crippen MR) is 80.6 cm³/mol. The largest absolute Gasteiger partial charge is 0.395 e. The molecule has 1 aromatic carbocycles. The van der Waals surface area contributed by atoms with Gasteiger partial charge in [-0.2, -0.15) is 5.10 Å². The second-order valence-corrected chi connectivity index (χ2v) is 4.64. The van der Waals surface area contributed by atoms with Crippen molar-refractivity contribution in [2.45, 2.75) is 6.92 Å². The molecule has 9 heteroatoms. The molecular weight excluding hydrogens is 304 g/mol. The van der Waals surface area contributed by atoms with E-state index in [1.54, 1.807) is 13.0 Å². The number of hydrogen-bond donors (Lipinski definition) is 2.